The molecule has 0 aliphatic rings. The largest absolute Gasteiger partial charge is 0.414 e. The van der Waals surface area contributed by atoms with Crippen LogP contribution in [0.5, 0.6) is 0 Å². The molecule has 0 fully saturated rings. The molecule has 0 aromatic carbocycles. The second-order valence-electron chi connectivity index (χ2n) is 9.97. The van der Waals surface area contributed by atoms with Gasteiger partial charge in [0.1, 0.15) is 6.10 Å². The molecule has 0 saturated heterocycles. The zero-order chi connectivity index (χ0) is 20.6. The highest BCUT2D eigenvalue weighted by molar-refractivity contribution is 6.74. The van der Waals surface area contributed by atoms with Crippen molar-refractivity contribution in [2.24, 2.45) is 0 Å². The molecule has 7 heteroatoms. The van der Waals surface area contributed by atoms with E-state index < -0.39 is 16.6 Å². The maximum atomic E-state index is 9.49. The van der Waals surface area contributed by atoms with Crippen LogP contribution in [-0.2, 0) is 18.3 Å². The SMILES string of the molecule is CC(C)(C)[Si](C)(C)OCCOCCOC(CO)CO[Si](C)(C)C(C)(C)C. The van der Waals surface area contributed by atoms with E-state index in [-0.39, 0.29) is 22.8 Å². The Bertz CT molecular complexity index is 386. The summed E-state index contributed by atoms with van der Waals surface area (Å²) >= 11 is 0. The van der Waals surface area contributed by atoms with Gasteiger partial charge >= 0.3 is 0 Å². The summed E-state index contributed by atoms with van der Waals surface area (Å²) in [5, 5.41) is 9.86. The first-order chi connectivity index (χ1) is 11.6. The lowest BCUT2D eigenvalue weighted by atomic mass is 10.2. The quantitative estimate of drug-likeness (QED) is 0.382. The lowest BCUT2D eigenvalue weighted by molar-refractivity contribution is -0.0420. The van der Waals surface area contributed by atoms with Crippen molar-refractivity contribution in [1.29, 1.82) is 0 Å². The van der Waals surface area contributed by atoms with E-state index in [9.17, 15) is 5.11 Å². The van der Waals surface area contributed by atoms with Gasteiger partial charge in [-0.3, -0.25) is 0 Å². The molecule has 0 rings (SSSR count). The van der Waals surface area contributed by atoms with E-state index in [2.05, 4.69) is 67.7 Å². The van der Waals surface area contributed by atoms with Crippen molar-refractivity contribution < 1.29 is 23.4 Å². The molecule has 0 radical (unpaired) electrons. The van der Waals surface area contributed by atoms with Crippen LogP contribution in [0.1, 0.15) is 41.5 Å². The van der Waals surface area contributed by atoms with Crippen molar-refractivity contribution in [3.8, 4) is 0 Å². The highest BCUT2D eigenvalue weighted by Gasteiger charge is 2.38. The molecule has 1 atom stereocenters. The molecular weight excluding hydrogens is 364 g/mol. The minimum absolute atomic E-state index is 0.0386. The third kappa shape index (κ3) is 9.44. The summed E-state index contributed by atoms with van der Waals surface area (Å²) in [6.07, 6.45) is -0.295. The van der Waals surface area contributed by atoms with Gasteiger partial charge in [0.05, 0.1) is 39.6 Å². The van der Waals surface area contributed by atoms with Gasteiger partial charge in [-0.05, 0) is 36.3 Å². The van der Waals surface area contributed by atoms with Crippen molar-refractivity contribution in [1.82, 2.24) is 0 Å². The fraction of sp³-hybridized carbons (Fsp3) is 1.00. The van der Waals surface area contributed by atoms with Crippen molar-refractivity contribution in [2.45, 2.75) is 83.9 Å². The Balaban J connectivity index is 3.95. The normalized spacial score (nSPS) is 15.3. The van der Waals surface area contributed by atoms with Gasteiger partial charge in [0.25, 0.3) is 0 Å². The van der Waals surface area contributed by atoms with Gasteiger partial charge in [-0.15, -0.1) is 0 Å². The molecule has 0 bridgehead atoms. The summed E-state index contributed by atoms with van der Waals surface area (Å²) in [7, 11) is -3.52. The molecule has 26 heavy (non-hydrogen) atoms. The van der Waals surface area contributed by atoms with Gasteiger partial charge in [0.15, 0.2) is 16.6 Å². The van der Waals surface area contributed by atoms with Crippen molar-refractivity contribution in [3.63, 3.8) is 0 Å². The zero-order valence-corrected chi connectivity index (χ0v) is 20.9. The van der Waals surface area contributed by atoms with Crippen LogP contribution >= 0.6 is 0 Å². The van der Waals surface area contributed by atoms with E-state index in [1.165, 1.54) is 0 Å². The Kier molecular flexibility index (Phi) is 10.8. The van der Waals surface area contributed by atoms with Gasteiger partial charge in [-0.2, -0.15) is 0 Å². The van der Waals surface area contributed by atoms with Gasteiger partial charge in [0, 0.05) is 0 Å². The Hall–Kier alpha value is 0.234. The van der Waals surface area contributed by atoms with E-state index in [0.717, 1.165) is 0 Å². The third-order valence-corrected chi connectivity index (χ3v) is 14.8. The average Bonchev–Trinajstić information content (AvgIpc) is 2.46. The monoisotopic (exact) mass is 408 g/mol. The first-order valence-electron chi connectivity index (χ1n) is 9.72. The molecule has 158 valence electrons. The number of aliphatic hydroxyl groups excluding tert-OH is 1. The second kappa shape index (κ2) is 10.7. The lowest BCUT2D eigenvalue weighted by Crippen LogP contribution is -2.43. The predicted octanol–water partition coefficient (Wildman–Crippen LogP) is 4.42. The number of ether oxygens (including phenoxy) is 2. The third-order valence-electron chi connectivity index (χ3n) is 5.72. The van der Waals surface area contributed by atoms with Crippen LogP contribution in [0.4, 0.5) is 0 Å². The summed E-state index contributed by atoms with van der Waals surface area (Å²) in [6.45, 7) is 24.7. The van der Waals surface area contributed by atoms with Crippen molar-refractivity contribution >= 4 is 16.6 Å². The minimum atomic E-state index is -1.82. The molecular formula is C19H44O5Si2. The van der Waals surface area contributed by atoms with Crippen LogP contribution in [0, 0.1) is 0 Å². The first-order valence-corrected chi connectivity index (χ1v) is 15.5. The van der Waals surface area contributed by atoms with Gasteiger partial charge < -0.3 is 23.4 Å². The average molecular weight is 409 g/mol. The number of rotatable bonds is 12. The van der Waals surface area contributed by atoms with Crippen LogP contribution in [0.15, 0.2) is 0 Å². The fourth-order valence-corrected chi connectivity index (χ4v) is 3.68. The molecule has 1 unspecified atom stereocenters. The molecule has 0 aliphatic carbocycles. The summed E-state index contributed by atoms with van der Waals surface area (Å²) in [5.74, 6) is 0. The van der Waals surface area contributed by atoms with E-state index >= 15 is 0 Å². The Morgan fingerprint density at radius 2 is 1.19 bits per heavy atom. The van der Waals surface area contributed by atoms with Crippen LogP contribution in [0.2, 0.25) is 36.3 Å². The first kappa shape index (κ1) is 26.2. The molecule has 0 aromatic rings. The van der Waals surface area contributed by atoms with Crippen molar-refractivity contribution in [3.05, 3.63) is 0 Å². The molecule has 0 spiro atoms. The van der Waals surface area contributed by atoms with E-state index in [1.54, 1.807) is 0 Å². The topological polar surface area (TPSA) is 57.2 Å². The number of aliphatic hydroxyl groups is 1. The van der Waals surface area contributed by atoms with E-state index in [0.29, 0.717) is 33.0 Å². The molecule has 0 aromatic heterocycles. The summed E-state index contributed by atoms with van der Waals surface area (Å²) < 4.78 is 23.5. The predicted molar refractivity (Wildman–Crippen MR) is 114 cm³/mol. The second-order valence-corrected chi connectivity index (χ2v) is 19.6. The van der Waals surface area contributed by atoms with Crippen molar-refractivity contribution in [2.75, 3.05) is 39.6 Å². The summed E-state index contributed by atoms with van der Waals surface area (Å²) in [5.41, 5.74) is 0. The molecule has 0 heterocycles. The maximum absolute atomic E-state index is 9.49. The van der Waals surface area contributed by atoms with Crippen LogP contribution < -0.4 is 0 Å². The lowest BCUT2D eigenvalue weighted by Gasteiger charge is -2.37. The van der Waals surface area contributed by atoms with Gasteiger partial charge in [0.2, 0.25) is 0 Å². The number of hydrogen-bond acceptors (Lipinski definition) is 5. The molecule has 0 saturated carbocycles. The highest BCUT2D eigenvalue weighted by Crippen LogP contribution is 2.37. The Labute approximate surface area is 164 Å². The summed E-state index contributed by atoms with van der Waals surface area (Å²) in [6, 6.07) is 0. The Morgan fingerprint density at radius 1 is 0.731 bits per heavy atom. The van der Waals surface area contributed by atoms with Gasteiger partial charge in [-0.25, -0.2) is 0 Å². The molecule has 0 aliphatic heterocycles. The summed E-state index contributed by atoms with van der Waals surface area (Å²) in [4.78, 5) is 0. The van der Waals surface area contributed by atoms with Crippen LogP contribution in [0.25, 0.3) is 0 Å². The molecule has 0 amide bonds. The highest BCUT2D eigenvalue weighted by atomic mass is 28.4. The molecule has 1 N–H and O–H groups in total. The minimum Gasteiger partial charge on any atom is -0.414 e. The van der Waals surface area contributed by atoms with E-state index in [1.807, 2.05) is 0 Å². The Morgan fingerprint density at radius 3 is 1.65 bits per heavy atom. The van der Waals surface area contributed by atoms with Crippen LogP contribution in [0.3, 0.4) is 0 Å². The zero-order valence-electron chi connectivity index (χ0n) is 18.9. The smallest absolute Gasteiger partial charge is 0.192 e. The fourth-order valence-electron chi connectivity index (χ4n) is 1.62. The van der Waals surface area contributed by atoms with Gasteiger partial charge in [-0.1, -0.05) is 41.5 Å². The maximum Gasteiger partial charge on any atom is 0.192 e. The standard InChI is InChI=1S/C19H44O5Si2/c1-18(2,3)25(7,8)23-14-12-21-11-13-22-17(15-20)16-24-26(9,10)19(4,5)6/h17,20H,11-16H2,1-10H3. The van der Waals surface area contributed by atoms with Crippen LogP contribution in [-0.4, -0.2) is 67.5 Å². The van der Waals surface area contributed by atoms with E-state index in [4.69, 9.17) is 18.3 Å². The molecule has 5 nitrogen and oxygen atoms in total. The number of hydrogen-bond donors (Lipinski definition) is 1.